The van der Waals surface area contributed by atoms with Crippen LogP contribution in [0.5, 0.6) is 11.5 Å². The zero-order valence-electron chi connectivity index (χ0n) is 16.1. The molecule has 0 aliphatic heterocycles. The molecule has 0 aliphatic rings. The lowest BCUT2D eigenvalue weighted by molar-refractivity contribution is -0.153. The fourth-order valence-corrected chi connectivity index (χ4v) is 2.59. The molecule has 26 heavy (non-hydrogen) atoms. The Morgan fingerprint density at radius 2 is 1.62 bits per heavy atom. The maximum Gasteiger partial charge on any atom is 0.320 e. The Balaban J connectivity index is 1.73. The van der Waals surface area contributed by atoms with Crippen LogP contribution in [0.3, 0.4) is 0 Å². The molecule has 1 atom stereocenters. The summed E-state index contributed by atoms with van der Waals surface area (Å²) < 4.78 is 11.1. The van der Waals surface area contributed by atoms with E-state index in [4.69, 9.17) is 9.47 Å². The van der Waals surface area contributed by atoms with Crippen LogP contribution in [0.1, 0.15) is 33.3 Å². The van der Waals surface area contributed by atoms with Gasteiger partial charge in [-0.1, -0.05) is 37.3 Å². The maximum atomic E-state index is 11.7. The largest absolute Gasteiger partial charge is 0.459 e. The number of carbonyl (C=O) groups excluding carboxylic acids is 1. The number of hydrogen-bond acceptors (Lipinski definition) is 4. The van der Waals surface area contributed by atoms with Crippen LogP contribution in [0.15, 0.2) is 54.6 Å². The molecule has 2 rings (SSSR count). The van der Waals surface area contributed by atoms with Crippen molar-refractivity contribution < 1.29 is 14.3 Å². The first-order valence-electron chi connectivity index (χ1n) is 9.06. The molecule has 2 aromatic rings. The molecule has 0 saturated carbocycles. The molecule has 0 saturated heterocycles. The van der Waals surface area contributed by atoms with Gasteiger partial charge in [-0.05, 0) is 69.5 Å². The third-order valence-electron chi connectivity index (χ3n) is 3.67. The van der Waals surface area contributed by atoms with Gasteiger partial charge in [0.2, 0.25) is 0 Å². The summed E-state index contributed by atoms with van der Waals surface area (Å²) >= 11 is 0. The van der Waals surface area contributed by atoms with E-state index >= 15 is 0 Å². The molecule has 0 aromatic heterocycles. The van der Waals surface area contributed by atoms with E-state index < -0.39 is 5.60 Å². The minimum absolute atomic E-state index is 0.216. The Kier molecular flexibility index (Phi) is 7.22. The lowest BCUT2D eigenvalue weighted by Crippen LogP contribution is -2.33. The maximum absolute atomic E-state index is 11.7. The highest BCUT2D eigenvalue weighted by Crippen LogP contribution is 2.21. The van der Waals surface area contributed by atoms with Crippen LogP contribution in [0.25, 0.3) is 0 Å². The second kappa shape index (κ2) is 9.39. The third kappa shape index (κ3) is 7.70. The van der Waals surface area contributed by atoms with Crippen molar-refractivity contribution in [2.45, 2.75) is 39.7 Å². The molecule has 0 unspecified atom stereocenters. The highest BCUT2D eigenvalue weighted by atomic mass is 16.6. The van der Waals surface area contributed by atoms with Crippen molar-refractivity contribution in [2.24, 2.45) is 5.92 Å². The van der Waals surface area contributed by atoms with E-state index in [1.165, 1.54) is 5.56 Å². The van der Waals surface area contributed by atoms with Gasteiger partial charge in [0.25, 0.3) is 0 Å². The number of rotatable bonds is 8. The monoisotopic (exact) mass is 355 g/mol. The van der Waals surface area contributed by atoms with Crippen LogP contribution in [0.4, 0.5) is 0 Å². The number of esters is 1. The lowest BCUT2D eigenvalue weighted by Gasteiger charge is -2.20. The van der Waals surface area contributed by atoms with Gasteiger partial charge in [0, 0.05) is 0 Å². The number of ether oxygens (including phenoxy) is 2. The number of carbonyl (C=O) groups is 1. The van der Waals surface area contributed by atoms with Gasteiger partial charge >= 0.3 is 5.97 Å². The second-order valence-corrected chi connectivity index (χ2v) is 7.59. The highest BCUT2D eigenvalue weighted by Gasteiger charge is 2.16. The molecule has 0 heterocycles. The molecule has 4 nitrogen and oxygen atoms in total. The summed E-state index contributed by atoms with van der Waals surface area (Å²) in [6, 6.07) is 17.9. The van der Waals surface area contributed by atoms with Crippen LogP contribution >= 0.6 is 0 Å². The molecule has 0 spiro atoms. The molecule has 0 amide bonds. The average Bonchev–Trinajstić information content (AvgIpc) is 2.56. The predicted molar refractivity (Wildman–Crippen MR) is 105 cm³/mol. The highest BCUT2D eigenvalue weighted by molar-refractivity contribution is 5.72. The molecule has 2 aromatic carbocycles. The number of nitrogens with one attached hydrogen (secondary N) is 1. The minimum atomic E-state index is -0.437. The van der Waals surface area contributed by atoms with E-state index in [0.717, 1.165) is 24.5 Å². The Bertz CT molecular complexity index is 675. The van der Waals surface area contributed by atoms with Gasteiger partial charge in [0.15, 0.2) is 0 Å². The summed E-state index contributed by atoms with van der Waals surface area (Å²) in [5, 5.41) is 3.17. The van der Waals surface area contributed by atoms with Crippen molar-refractivity contribution in [3.05, 3.63) is 60.2 Å². The summed E-state index contributed by atoms with van der Waals surface area (Å²) in [6.45, 7) is 8.79. The zero-order chi connectivity index (χ0) is 19.0. The van der Waals surface area contributed by atoms with Crippen molar-refractivity contribution >= 4 is 5.97 Å². The van der Waals surface area contributed by atoms with Crippen LogP contribution in [-0.2, 0) is 16.0 Å². The molecular weight excluding hydrogens is 326 g/mol. The van der Waals surface area contributed by atoms with E-state index in [0.29, 0.717) is 5.92 Å². The molecule has 1 N–H and O–H groups in total. The first-order valence-corrected chi connectivity index (χ1v) is 9.06. The van der Waals surface area contributed by atoms with Crippen molar-refractivity contribution in [1.29, 1.82) is 0 Å². The molecule has 4 heteroatoms. The summed E-state index contributed by atoms with van der Waals surface area (Å²) in [7, 11) is 0. The van der Waals surface area contributed by atoms with Gasteiger partial charge in [-0.25, -0.2) is 0 Å². The van der Waals surface area contributed by atoms with Gasteiger partial charge in [-0.2, -0.15) is 0 Å². The standard InChI is InChI=1S/C22H29NO3/c1-17(15-23-16-21(24)26-22(2,3)4)14-18-10-12-20(13-11-18)25-19-8-6-5-7-9-19/h5-13,17,23H,14-16H2,1-4H3/t17-/m1/s1. The van der Waals surface area contributed by atoms with Crippen molar-refractivity contribution in [1.82, 2.24) is 5.32 Å². The van der Waals surface area contributed by atoms with Crippen LogP contribution < -0.4 is 10.1 Å². The molecule has 0 radical (unpaired) electrons. The first-order chi connectivity index (χ1) is 12.3. The van der Waals surface area contributed by atoms with E-state index in [1.54, 1.807) is 0 Å². The quantitative estimate of drug-likeness (QED) is 0.704. The fraction of sp³-hybridized carbons (Fsp3) is 0.409. The first kappa shape index (κ1) is 20.0. The van der Waals surface area contributed by atoms with Crippen molar-refractivity contribution in [2.75, 3.05) is 13.1 Å². The van der Waals surface area contributed by atoms with Gasteiger partial charge in [0.1, 0.15) is 17.1 Å². The van der Waals surface area contributed by atoms with Gasteiger partial charge in [0.05, 0.1) is 6.54 Å². The number of hydrogen-bond donors (Lipinski definition) is 1. The van der Waals surface area contributed by atoms with E-state index in [2.05, 4.69) is 24.4 Å². The normalized spacial score (nSPS) is 12.5. The van der Waals surface area contributed by atoms with Gasteiger partial charge in [-0.15, -0.1) is 0 Å². The Morgan fingerprint density at radius 1 is 1.00 bits per heavy atom. The fourth-order valence-electron chi connectivity index (χ4n) is 2.59. The minimum Gasteiger partial charge on any atom is -0.459 e. The topological polar surface area (TPSA) is 47.6 Å². The molecule has 0 aliphatic carbocycles. The van der Waals surface area contributed by atoms with Crippen LogP contribution in [0.2, 0.25) is 0 Å². The molecule has 0 fully saturated rings. The zero-order valence-corrected chi connectivity index (χ0v) is 16.1. The third-order valence-corrected chi connectivity index (χ3v) is 3.67. The summed E-state index contributed by atoms with van der Waals surface area (Å²) in [5.41, 5.74) is 0.811. The van der Waals surface area contributed by atoms with E-state index in [-0.39, 0.29) is 12.5 Å². The van der Waals surface area contributed by atoms with Gasteiger partial charge in [-0.3, -0.25) is 4.79 Å². The SMILES string of the molecule is C[C@@H](CNCC(=O)OC(C)(C)C)Cc1ccc(Oc2ccccc2)cc1. The predicted octanol–water partition coefficient (Wildman–Crippen LogP) is 4.59. The Labute approximate surface area is 156 Å². The van der Waals surface area contributed by atoms with Gasteiger partial charge < -0.3 is 14.8 Å². The average molecular weight is 355 g/mol. The lowest BCUT2D eigenvalue weighted by atomic mass is 10.0. The van der Waals surface area contributed by atoms with E-state index in [1.807, 2.05) is 63.2 Å². The Hall–Kier alpha value is -2.33. The summed E-state index contributed by atoms with van der Waals surface area (Å²) in [5.74, 6) is 1.86. The van der Waals surface area contributed by atoms with Crippen molar-refractivity contribution in [3.63, 3.8) is 0 Å². The number of benzene rings is 2. The van der Waals surface area contributed by atoms with Crippen LogP contribution in [0, 0.1) is 5.92 Å². The number of para-hydroxylation sites is 1. The molecule has 140 valence electrons. The smallest absolute Gasteiger partial charge is 0.320 e. The molecule has 0 bridgehead atoms. The Morgan fingerprint density at radius 3 is 2.23 bits per heavy atom. The van der Waals surface area contributed by atoms with E-state index in [9.17, 15) is 4.79 Å². The summed E-state index contributed by atoms with van der Waals surface area (Å²) in [4.78, 5) is 11.7. The second-order valence-electron chi connectivity index (χ2n) is 7.59. The van der Waals surface area contributed by atoms with Crippen molar-refractivity contribution in [3.8, 4) is 11.5 Å². The summed E-state index contributed by atoms with van der Waals surface area (Å²) in [6.07, 6.45) is 0.937. The molecular formula is C22H29NO3. The van der Waals surface area contributed by atoms with Crippen LogP contribution in [-0.4, -0.2) is 24.7 Å².